The van der Waals surface area contributed by atoms with E-state index < -0.39 is 11.2 Å². The Hall–Kier alpha value is -1.29. The van der Waals surface area contributed by atoms with E-state index in [9.17, 15) is 14.7 Å². The van der Waals surface area contributed by atoms with Crippen LogP contribution in [0.3, 0.4) is 0 Å². The third-order valence-electron chi connectivity index (χ3n) is 3.70. The fourth-order valence-corrected chi connectivity index (χ4v) is 3.78. The molecule has 1 atom stereocenters. The molecule has 3 nitrogen and oxygen atoms in total. The summed E-state index contributed by atoms with van der Waals surface area (Å²) in [5.41, 5.74) is 3.83. The molecule has 0 aromatic heterocycles. The van der Waals surface area contributed by atoms with Gasteiger partial charge in [0.1, 0.15) is 5.25 Å². The highest BCUT2D eigenvalue weighted by Gasteiger charge is 2.32. The zero-order valence-electron chi connectivity index (χ0n) is 9.94. The van der Waals surface area contributed by atoms with Crippen molar-refractivity contribution in [3.8, 4) is 0 Å². The lowest BCUT2D eigenvalue weighted by Gasteiger charge is -2.25. The van der Waals surface area contributed by atoms with Gasteiger partial charge >= 0.3 is 5.97 Å². The molecule has 1 aliphatic heterocycles. The average Bonchev–Trinajstić information content (AvgIpc) is 2.37. The van der Waals surface area contributed by atoms with Gasteiger partial charge in [-0.05, 0) is 48.4 Å². The molecule has 18 heavy (non-hydrogen) atoms. The molecule has 94 valence electrons. The minimum absolute atomic E-state index is 0.0703. The Kier molecular flexibility index (Phi) is 2.90. The fourth-order valence-electron chi connectivity index (χ4n) is 2.79. The van der Waals surface area contributed by atoms with Crippen molar-refractivity contribution >= 4 is 23.5 Å². The number of aryl methyl sites for hydroxylation is 2. The Labute approximate surface area is 110 Å². The number of thioether (sulfide) groups is 1. The lowest BCUT2D eigenvalue weighted by Crippen LogP contribution is -2.22. The Morgan fingerprint density at radius 2 is 1.89 bits per heavy atom. The van der Waals surface area contributed by atoms with Gasteiger partial charge in [0.15, 0.2) is 5.78 Å². The van der Waals surface area contributed by atoms with Gasteiger partial charge in [-0.2, -0.15) is 0 Å². The zero-order valence-corrected chi connectivity index (χ0v) is 10.8. The largest absolute Gasteiger partial charge is 0.480 e. The van der Waals surface area contributed by atoms with E-state index in [0.717, 1.165) is 25.7 Å². The third kappa shape index (κ3) is 1.85. The normalized spacial score (nSPS) is 22.2. The molecular formula is C14H14O3S. The maximum atomic E-state index is 11.9. The molecule has 0 amide bonds. The topological polar surface area (TPSA) is 54.4 Å². The number of hydrogen-bond donors (Lipinski definition) is 1. The predicted octanol–water partition coefficient (Wildman–Crippen LogP) is 2.62. The number of aliphatic carboxylic acids is 1. The van der Waals surface area contributed by atoms with E-state index in [0.29, 0.717) is 11.1 Å². The molecule has 3 rings (SSSR count). The summed E-state index contributed by atoms with van der Waals surface area (Å²) in [5.74, 6) is -0.492. The summed E-state index contributed by atoms with van der Waals surface area (Å²) < 4.78 is 0. The molecule has 0 saturated heterocycles. The number of carbonyl (C=O) groups is 2. The zero-order chi connectivity index (χ0) is 12.7. The lowest BCUT2D eigenvalue weighted by molar-refractivity contribution is -0.136. The monoisotopic (exact) mass is 262 g/mol. The van der Waals surface area contributed by atoms with Gasteiger partial charge < -0.3 is 5.11 Å². The maximum Gasteiger partial charge on any atom is 0.321 e. The molecule has 1 unspecified atom stereocenters. The SMILES string of the molecule is O=C1CSC(C(=O)O)c2cc3c(cc21)CCCC3. The van der Waals surface area contributed by atoms with Crippen LogP contribution in [0, 0.1) is 0 Å². The van der Waals surface area contributed by atoms with Crippen LogP contribution in [0.15, 0.2) is 12.1 Å². The van der Waals surface area contributed by atoms with Gasteiger partial charge in [-0.1, -0.05) is 6.07 Å². The van der Waals surface area contributed by atoms with E-state index in [1.54, 1.807) is 0 Å². The quantitative estimate of drug-likeness (QED) is 0.845. The Morgan fingerprint density at radius 1 is 1.22 bits per heavy atom. The van der Waals surface area contributed by atoms with Gasteiger partial charge in [0.05, 0.1) is 5.75 Å². The summed E-state index contributed by atoms with van der Waals surface area (Å²) >= 11 is 1.22. The second-order valence-electron chi connectivity index (χ2n) is 4.87. The molecule has 1 aromatic rings. The number of benzene rings is 1. The fraction of sp³-hybridized carbons (Fsp3) is 0.429. The minimum atomic E-state index is -0.843. The summed E-state index contributed by atoms with van der Waals surface area (Å²) in [6.45, 7) is 0. The van der Waals surface area contributed by atoms with Crippen LogP contribution in [-0.2, 0) is 17.6 Å². The van der Waals surface area contributed by atoms with E-state index in [1.165, 1.54) is 22.9 Å². The van der Waals surface area contributed by atoms with Gasteiger partial charge in [-0.3, -0.25) is 9.59 Å². The Bertz CT molecular complexity index is 536. The summed E-state index contributed by atoms with van der Waals surface area (Å²) in [7, 11) is 0. The van der Waals surface area contributed by atoms with Gasteiger partial charge in [0.25, 0.3) is 0 Å². The first kappa shape index (κ1) is 11.8. The molecule has 0 radical (unpaired) electrons. The van der Waals surface area contributed by atoms with Crippen LogP contribution in [-0.4, -0.2) is 22.6 Å². The number of carboxylic acids is 1. The highest BCUT2D eigenvalue weighted by molar-refractivity contribution is 8.01. The second-order valence-corrected chi connectivity index (χ2v) is 5.96. The van der Waals surface area contributed by atoms with Crippen LogP contribution < -0.4 is 0 Å². The number of ketones is 1. The molecule has 0 saturated carbocycles. The Balaban J connectivity index is 2.14. The summed E-state index contributed by atoms with van der Waals surface area (Å²) in [5, 5.41) is 8.66. The highest BCUT2D eigenvalue weighted by atomic mass is 32.2. The van der Waals surface area contributed by atoms with Crippen molar-refractivity contribution in [1.82, 2.24) is 0 Å². The van der Waals surface area contributed by atoms with E-state index in [2.05, 4.69) is 0 Å². The standard InChI is InChI=1S/C14H14O3S/c15-12-7-18-13(14(16)17)11-6-9-4-2-1-3-8(9)5-10(11)12/h5-6,13H,1-4,7H2,(H,16,17). The van der Waals surface area contributed by atoms with Crippen molar-refractivity contribution in [2.45, 2.75) is 30.9 Å². The van der Waals surface area contributed by atoms with Crippen LogP contribution in [0.4, 0.5) is 0 Å². The predicted molar refractivity (Wildman–Crippen MR) is 70.2 cm³/mol. The molecular weight excluding hydrogens is 248 g/mol. The van der Waals surface area contributed by atoms with Crippen molar-refractivity contribution < 1.29 is 14.7 Å². The molecule has 0 fully saturated rings. The van der Waals surface area contributed by atoms with Gasteiger partial charge in [0, 0.05) is 5.56 Å². The summed E-state index contributed by atoms with van der Waals surface area (Å²) in [4.78, 5) is 23.2. The Morgan fingerprint density at radius 3 is 2.56 bits per heavy atom. The number of fused-ring (bicyclic) bond motifs is 2. The van der Waals surface area contributed by atoms with Crippen LogP contribution in [0.1, 0.15) is 45.1 Å². The van der Waals surface area contributed by atoms with Gasteiger partial charge in [0.2, 0.25) is 0 Å². The first-order valence-electron chi connectivity index (χ1n) is 6.20. The molecule has 1 heterocycles. The average molecular weight is 262 g/mol. The first-order valence-corrected chi connectivity index (χ1v) is 7.25. The van der Waals surface area contributed by atoms with Crippen LogP contribution in [0.25, 0.3) is 0 Å². The summed E-state index contributed by atoms with van der Waals surface area (Å²) in [6.07, 6.45) is 4.34. The van der Waals surface area contributed by atoms with E-state index in [4.69, 9.17) is 0 Å². The number of rotatable bonds is 1. The molecule has 1 N–H and O–H groups in total. The molecule has 1 aliphatic carbocycles. The van der Waals surface area contributed by atoms with Crippen molar-refractivity contribution in [3.63, 3.8) is 0 Å². The van der Waals surface area contributed by atoms with Crippen molar-refractivity contribution in [2.75, 3.05) is 5.75 Å². The van der Waals surface area contributed by atoms with Gasteiger partial charge in [-0.15, -0.1) is 11.8 Å². The maximum absolute atomic E-state index is 11.9. The number of Topliss-reactive ketones (excluding diaryl/α,β-unsaturated/α-hetero) is 1. The van der Waals surface area contributed by atoms with Crippen LogP contribution in [0.2, 0.25) is 0 Å². The summed E-state index contributed by atoms with van der Waals surface area (Å²) in [6, 6.07) is 3.91. The van der Waals surface area contributed by atoms with Crippen LogP contribution in [0.5, 0.6) is 0 Å². The number of carbonyl (C=O) groups excluding carboxylic acids is 1. The van der Waals surface area contributed by atoms with E-state index in [1.807, 2.05) is 12.1 Å². The van der Waals surface area contributed by atoms with Crippen molar-refractivity contribution in [3.05, 3.63) is 34.4 Å². The van der Waals surface area contributed by atoms with E-state index in [-0.39, 0.29) is 11.5 Å². The molecule has 0 bridgehead atoms. The smallest absolute Gasteiger partial charge is 0.321 e. The molecule has 1 aromatic carbocycles. The molecule has 4 heteroatoms. The minimum Gasteiger partial charge on any atom is -0.480 e. The first-order chi connectivity index (χ1) is 8.66. The van der Waals surface area contributed by atoms with Crippen molar-refractivity contribution in [2.24, 2.45) is 0 Å². The number of hydrogen-bond acceptors (Lipinski definition) is 3. The highest BCUT2D eigenvalue weighted by Crippen LogP contribution is 2.39. The third-order valence-corrected chi connectivity index (χ3v) is 4.92. The molecule has 0 spiro atoms. The number of carboxylic acid groups (broad SMARTS) is 1. The van der Waals surface area contributed by atoms with E-state index >= 15 is 0 Å². The van der Waals surface area contributed by atoms with Crippen molar-refractivity contribution in [1.29, 1.82) is 0 Å². The second kappa shape index (κ2) is 4.43. The van der Waals surface area contributed by atoms with Crippen LogP contribution >= 0.6 is 11.8 Å². The van der Waals surface area contributed by atoms with Gasteiger partial charge in [-0.25, -0.2) is 0 Å². The lowest BCUT2D eigenvalue weighted by atomic mass is 9.86. The molecule has 2 aliphatic rings.